The van der Waals surface area contributed by atoms with Crippen molar-refractivity contribution in [2.45, 2.75) is 25.9 Å². The zero-order chi connectivity index (χ0) is 15.6. The summed E-state index contributed by atoms with van der Waals surface area (Å²) in [5.41, 5.74) is 4.64. The number of rotatable bonds is 4. The molecule has 4 rings (SSSR count). The van der Waals surface area contributed by atoms with Crippen molar-refractivity contribution in [1.82, 2.24) is 15.0 Å². The molecular formula is C18H16BrN3O. The Morgan fingerprint density at radius 3 is 2.87 bits per heavy atom. The summed E-state index contributed by atoms with van der Waals surface area (Å²) in [5.74, 6) is 0.904. The van der Waals surface area contributed by atoms with Crippen molar-refractivity contribution < 1.29 is 4.74 Å². The van der Waals surface area contributed by atoms with E-state index in [-0.39, 0.29) is 0 Å². The lowest BCUT2D eigenvalue weighted by Crippen LogP contribution is -1.97. The number of hydrogen-bond donors (Lipinski definition) is 0. The molecule has 3 aromatic rings. The first-order valence-corrected chi connectivity index (χ1v) is 8.49. The highest BCUT2D eigenvalue weighted by Crippen LogP contribution is 2.26. The smallest absolute Gasteiger partial charge is 0.134 e. The normalized spacial score (nSPS) is 13.1. The van der Waals surface area contributed by atoms with Gasteiger partial charge >= 0.3 is 0 Å². The fourth-order valence-electron chi connectivity index (χ4n) is 2.92. The van der Waals surface area contributed by atoms with Crippen molar-refractivity contribution in [1.29, 1.82) is 0 Å². The first-order valence-electron chi connectivity index (χ1n) is 7.70. The van der Waals surface area contributed by atoms with E-state index >= 15 is 0 Å². The van der Waals surface area contributed by atoms with Crippen LogP contribution in [0.5, 0.6) is 5.75 Å². The van der Waals surface area contributed by atoms with Crippen molar-refractivity contribution in [3.63, 3.8) is 0 Å². The molecule has 0 saturated carbocycles. The molecule has 0 fully saturated rings. The molecule has 23 heavy (non-hydrogen) atoms. The van der Waals surface area contributed by atoms with Crippen molar-refractivity contribution in [2.24, 2.45) is 0 Å². The lowest BCUT2D eigenvalue weighted by Gasteiger charge is -2.06. The minimum atomic E-state index is 0.420. The Morgan fingerprint density at radius 1 is 1.09 bits per heavy atom. The number of para-hydroxylation sites is 1. The topological polar surface area (TPSA) is 39.9 Å². The van der Waals surface area contributed by atoms with E-state index in [1.165, 1.54) is 24.0 Å². The first-order chi connectivity index (χ1) is 11.3. The molecule has 0 saturated heterocycles. The summed E-state index contributed by atoms with van der Waals surface area (Å²) in [6, 6.07) is 14.3. The lowest BCUT2D eigenvalue weighted by atomic mass is 10.1. The summed E-state index contributed by atoms with van der Waals surface area (Å²) < 4.78 is 8.61. The standard InChI is InChI=1S/C18H16BrN3O/c19-17-6-1-2-7-18(17)22-11-15(20-21-22)12-23-16-9-8-13-4-3-5-14(13)10-16/h1-2,6-11H,3-5,12H2. The number of fused-ring (bicyclic) bond motifs is 1. The van der Waals surface area contributed by atoms with Crippen molar-refractivity contribution >= 4 is 15.9 Å². The zero-order valence-corrected chi connectivity index (χ0v) is 14.2. The average molecular weight is 370 g/mol. The molecule has 1 aliphatic rings. The number of halogens is 1. The molecule has 1 heterocycles. The molecule has 0 spiro atoms. The summed E-state index contributed by atoms with van der Waals surface area (Å²) in [6.07, 6.45) is 5.49. The highest BCUT2D eigenvalue weighted by Gasteiger charge is 2.12. The monoisotopic (exact) mass is 369 g/mol. The third-order valence-corrected chi connectivity index (χ3v) is 4.77. The van der Waals surface area contributed by atoms with Crippen molar-refractivity contribution in [3.05, 3.63) is 70.0 Å². The predicted molar refractivity (Wildman–Crippen MR) is 91.9 cm³/mol. The molecule has 4 nitrogen and oxygen atoms in total. The molecule has 0 atom stereocenters. The first kappa shape index (κ1) is 14.5. The zero-order valence-electron chi connectivity index (χ0n) is 12.6. The van der Waals surface area contributed by atoms with Gasteiger partial charge in [0.05, 0.1) is 11.9 Å². The van der Waals surface area contributed by atoms with E-state index in [1.54, 1.807) is 4.68 Å². The van der Waals surface area contributed by atoms with E-state index in [4.69, 9.17) is 4.74 Å². The summed E-state index contributed by atoms with van der Waals surface area (Å²) in [4.78, 5) is 0. The fraction of sp³-hybridized carbons (Fsp3) is 0.222. The number of nitrogens with zero attached hydrogens (tertiary/aromatic N) is 3. The quantitative estimate of drug-likeness (QED) is 0.694. The third kappa shape index (κ3) is 3.01. The van der Waals surface area contributed by atoms with Gasteiger partial charge in [0.1, 0.15) is 18.1 Å². The number of ether oxygens (including phenoxy) is 1. The van der Waals surface area contributed by atoms with Crippen LogP contribution in [-0.4, -0.2) is 15.0 Å². The Bertz CT molecular complexity index is 844. The summed E-state index contributed by atoms with van der Waals surface area (Å²) >= 11 is 3.53. The van der Waals surface area contributed by atoms with Gasteiger partial charge in [0.15, 0.2) is 0 Å². The number of hydrogen-bond acceptors (Lipinski definition) is 3. The van der Waals surface area contributed by atoms with E-state index in [2.05, 4.69) is 38.4 Å². The third-order valence-electron chi connectivity index (χ3n) is 4.10. The van der Waals surface area contributed by atoms with Gasteiger partial charge in [-0.05, 0) is 70.6 Å². The summed E-state index contributed by atoms with van der Waals surface area (Å²) in [6.45, 7) is 0.420. The maximum absolute atomic E-state index is 5.87. The maximum Gasteiger partial charge on any atom is 0.134 e. The van der Waals surface area contributed by atoms with Gasteiger partial charge in [0.25, 0.3) is 0 Å². The average Bonchev–Trinajstić information content (AvgIpc) is 3.22. The predicted octanol–water partition coefficient (Wildman–Crippen LogP) is 4.10. The molecule has 0 N–H and O–H groups in total. The Morgan fingerprint density at radius 2 is 1.96 bits per heavy atom. The van der Waals surface area contributed by atoms with Crippen LogP contribution < -0.4 is 4.74 Å². The lowest BCUT2D eigenvalue weighted by molar-refractivity contribution is 0.301. The van der Waals surface area contributed by atoms with Crippen molar-refractivity contribution in [3.8, 4) is 11.4 Å². The van der Waals surface area contributed by atoms with E-state index in [0.717, 1.165) is 28.0 Å². The molecule has 116 valence electrons. The Kier molecular flexibility index (Phi) is 3.87. The second-order valence-electron chi connectivity index (χ2n) is 5.68. The fourth-order valence-corrected chi connectivity index (χ4v) is 3.38. The van der Waals surface area contributed by atoms with Crippen LogP contribution in [0, 0.1) is 0 Å². The second kappa shape index (κ2) is 6.16. The van der Waals surface area contributed by atoms with Crippen LogP contribution in [-0.2, 0) is 19.4 Å². The number of aromatic nitrogens is 3. The van der Waals surface area contributed by atoms with Crippen molar-refractivity contribution in [2.75, 3.05) is 0 Å². The van der Waals surface area contributed by atoms with E-state index in [1.807, 2.05) is 36.5 Å². The molecule has 0 radical (unpaired) electrons. The van der Waals surface area contributed by atoms with Gasteiger partial charge in [-0.1, -0.05) is 23.4 Å². The largest absolute Gasteiger partial charge is 0.487 e. The van der Waals surface area contributed by atoms with Gasteiger partial charge in [0.2, 0.25) is 0 Å². The van der Waals surface area contributed by atoms with E-state index < -0.39 is 0 Å². The summed E-state index contributed by atoms with van der Waals surface area (Å²) in [7, 11) is 0. The molecule has 5 heteroatoms. The molecular weight excluding hydrogens is 354 g/mol. The van der Waals surface area contributed by atoms with Crippen LogP contribution in [0.15, 0.2) is 53.1 Å². The van der Waals surface area contributed by atoms with Gasteiger partial charge in [-0.25, -0.2) is 4.68 Å². The maximum atomic E-state index is 5.87. The van der Waals surface area contributed by atoms with Crippen LogP contribution in [0.25, 0.3) is 5.69 Å². The van der Waals surface area contributed by atoms with Crippen LogP contribution in [0.1, 0.15) is 23.2 Å². The molecule has 1 aliphatic carbocycles. The van der Waals surface area contributed by atoms with Crippen LogP contribution in [0.4, 0.5) is 0 Å². The van der Waals surface area contributed by atoms with Crippen LogP contribution >= 0.6 is 15.9 Å². The molecule has 0 unspecified atom stereocenters. The van der Waals surface area contributed by atoms with Gasteiger partial charge in [-0.15, -0.1) is 5.10 Å². The molecule has 1 aromatic heterocycles. The van der Waals surface area contributed by atoms with Gasteiger partial charge in [-0.2, -0.15) is 0 Å². The van der Waals surface area contributed by atoms with E-state index in [9.17, 15) is 0 Å². The molecule has 0 amide bonds. The Labute approximate surface area is 143 Å². The Balaban J connectivity index is 1.47. The summed E-state index contributed by atoms with van der Waals surface area (Å²) in [5, 5.41) is 8.36. The molecule has 2 aromatic carbocycles. The Hall–Kier alpha value is -2.14. The van der Waals surface area contributed by atoms with E-state index in [0.29, 0.717) is 6.61 Å². The van der Waals surface area contributed by atoms with Gasteiger partial charge < -0.3 is 4.74 Å². The number of benzene rings is 2. The second-order valence-corrected chi connectivity index (χ2v) is 6.53. The number of aryl methyl sites for hydroxylation is 2. The molecule has 0 aliphatic heterocycles. The molecule has 0 bridgehead atoms. The van der Waals surface area contributed by atoms with Crippen LogP contribution in [0.2, 0.25) is 0 Å². The highest BCUT2D eigenvalue weighted by atomic mass is 79.9. The SMILES string of the molecule is Brc1ccccc1-n1cc(COc2ccc3c(c2)CCC3)nn1. The van der Waals surface area contributed by atoms with Crippen LogP contribution in [0.3, 0.4) is 0 Å². The van der Waals surface area contributed by atoms with Gasteiger partial charge in [-0.3, -0.25) is 0 Å². The highest BCUT2D eigenvalue weighted by molar-refractivity contribution is 9.10. The minimum Gasteiger partial charge on any atom is -0.487 e. The van der Waals surface area contributed by atoms with Gasteiger partial charge in [0, 0.05) is 4.47 Å². The minimum absolute atomic E-state index is 0.420.